The highest BCUT2D eigenvalue weighted by Gasteiger charge is 2.28. The Morgan fingerprint density at radius 3 is 2.28 bits per heavy atom. The second-order valence-corrected chi connectivity index (χ2v) is 5.94. The third-order valence-electron chi connectivity index (χ3n) is 4.01. The number of nitrogens with two attached hydrogens (primary N) is 1. The van der Waals surface area contributed by atoms with Crippen molar-refractivity contribution >= 4 is 0 Å². The van der Waals surface area contributed by atoms with Gasteiger partial charge in [-0.1, -0.05) is 6.92 Å². The SMILES string of the molecule is CCCN1CCN(C(CN)CC(C)(C)OC)CC1. The molecule has 0 amide bonds. The number of nitrogens with zero attached hydrogens (tertiary/aromatic N) is 2. The van der Waals surface area contributed by atoms with Crippen LogP contribution in [0, 0.1) is 0 Å². The predicted molar refractivity (Wildman–Crippen MR) is 76.9 cm³/mol. The number of hydrogen-bond donors (Lipinski definition) is 1. The molecule has 1 heterocycles. The molecule has 0 radical (unpaired) electrons. The summed E-state index contributed by atoms with van der Waals surface area (Å²) in [5.74, 6) is 0. The fourth-order valence-corrected chi connectivity index (χ4v) is 2.68. The van der Waals surface area contributed by atoms with E-state index < -0.39 is 0 Å². The lowest BCUT2D eigenvalue weighted by Gasteiger charge is -2.41. The second-order valence-electron chi connectivity index (χ2n) is 5.94. The largest absolute Gasteiger partial charge is 0.379 e. The van der Waals surface area contributed by atoms with E-state index in [0.717, 1.165) is 26.1 Å². The maximum absolute atomic E-state index is 5.95. The van der Waals surface area contributed by atoms with Crippen molar-refractivity contribution in [2.75, 3.05) is 46.4 Å². The molecule has 0 bridgehead atoms. The first-order chi connectivity index (χ1) is 8.52. The van der Waals surface area contributed by atoms with Crippen molar-refractivity contribution in [2.24, 2.45) is 5.73 Å². The van der Waals surface area contributed by atoms with Crippen LogP contribution in [0.5, 0.6) is 0 Å². The molecule has 4 heteroatoms. The van der Waals surface area contributed by atoms with Gasteiger partial charge in [0.05, 0.1) is 5.60 Å². The Labute approximate surface area is 112 Å². The molecule has 0 aromatic rings. The third-order valence-corrected chi connectivity index (χ3v) is 4.01. The fourth-order valence-electron chi connectivity index (χ4n) is 2.68. The zero-order valence-corrected chi connectivity index (χ0v) is 12.6. The van der Waals surface area contributed by atoms with E-state index in [1.54, 1.807) is 7.11 Å². The molecule has 108 valence electrons. The quantitative estimate of drug-likeness (QED) is 0.743. The van der Waals surface area contributed by atoms with Crippen LogP contribution in [-0.4, -0.2) is 67.8 Å². The van der Waals surface area contributed by atoms with Crippen LogP contribution in [-0.2, 0) is 4.74 Å². The summed E-state index contributed by atoms with van der Waals surface area (Å²) in [5.41, 5.74) is 5.87. The van der Waals surface area contributed by atoms with Crippen LogP contribution in [0.2, 0.25) is 0 Å². The van der Waals surface area contributed by atoms with Gasteiger partial charge < -0.3 is 15.4 Å². The number of ether oxygens (including phenoxy) is 1. The Bertz CT molecular complexity index is 225. The Morgan fingerprint density at radius 2 is 1.83 bits per heavy atom. The van der Waals surface area contributed by atoms with E-state index in [4.69, 9.17) is 10.5 Å². The van der Waals surface area contributed by atoms with Crippen molar-refractivity contribution < 1.29 is 4.74 Å². The van der Waals surface area contributed by atoms with Crippen LogP contribution in [0.3, 0.4) is 0 Å². The average molecular weight is 257 g/mol. The van der Waals surface area contributed by atoms with E-state index in [0.29, 0.717) is 6.04 Å². The zero-order chi connectivity index (χ0) is 13.6. The highest BCUT2D eigenvalue weighted by molar-refractivity contribution is 4.84. The first kappa shape index (κ1) is 15.9. The number of piperazine rings is 1. The van der Waals surface area contributed by atoms with E-state index in [2.05, 4.69) is 30.6 Å². The Morgan fingerprint density at radius 1 is 1.22 bits per heavy atom. The Hall–Kier alpha value is -0.160. The number of rotatable bonds is 7. The summed E-state index contributed by atoms with van der Waals surface area (Å²) >= 11 is 0. The topological polar surface area (TPSA) is 41.7 Å². The minimum Gasteiger partial charge on any atom is -0.379 e. The smallest absolute Gasteiger partial charge is 0.0638 e. The average Bonchev–Trinajstić information content (AvgIpc) is 2.37. The van der Waals surface area contributed by atoms with Gasteiger partial charge in [0, 0.05) is 45.9 Å². The van der Waals surface area contributed by atoms with Crippen molar-refractivity contribution in [2.45, 2.75) is 45.3 Å². The molecule has 1 atom stereocenters. The van der Waals surface area contributed by atoms with E-state index in [1.165, 1.54) is 26.1 Å². The molecule has 1 rings (SSSR count). The molecule has 4 nitrogen and oxygen atoms in total. The molecule has 18 heavy (non-hydrogen) atoms. The standard InChI is InChI=1S/C14H31N3O/c1-5-6-16-7-9-17(10-8-16)13(12-15)11-14(2,3)18-4/h13H,5-12,15H2,1-4H3. The first-order valence-electron chi connectivity index (χ1n) is 7.24. The molecule has 2 N–H and O–H groups in total. The third kappa shape index (κ3) is 4.84. The maximum Gasteiger partial charge on any atom is 0.0638 e. The van der Waals surface area contributed by atoms with Gasteiger partial charge in [0.25, 0.3) is 0 Å². The number of hydrogen-bond acceptors (Lipinski definition) is 4. The van der Waals surface area contributed by atoms with E-state index >= 15 is 0 Å². The minimum absolute atomic E-state index is 0.0788. The summed E-state index contributed by atoms with van der Waals surface area (Å²) in [7, 11) is 1.78. The Balaban J connectivity index is 2.43. The van der Waals surface area contributed by atoms with Crippen LogP contribution in [0.4, 0.5) is 0 Å². The zero-order valence-electron chi connectivity index (χ0n) is 12.6. The molecule has 1 aliphatic heterocycles. The van der Waals surface area contributed by atoms with E-state index in [-0.39, 0.29) is 5.60 Å². The van der Waals surface area contributed by atoms with Crippen LogP contribution >= 0.6 is 0 Å². The highest BCUT2D eigenvalue weighted by atomic mass is 16.5. The van der Waals surface area contributed by atoms with Gasteiger partial charge in [-0.15, -0.1) is 0 Å². The van der Waals surface area contributed by atoms with Crippen molar-refractivity contribution in [3.63, 3.8) is 0 Å². The van der Waals surface area contributed by atoms with Gasteiger partial charge >= 0.3 is 0 Å². The molecule has 0 spiro atoms. The number of methoxy groups -OCH3 is 1. The van der Waals surface area contributed by atoms with E-state index in [9.17, 15) is 0 Å². The van der Waals surface area contributed by atoms with Crippen LogP contribution in [0.25, 0.3) is 0 Å². The summed E-state index contributed by atoms with van der Waals surface area (Å²) in [4.78, 5) is 5.08. The maximum atomic E-state index is 5.95. The predicted octanol–water partition coefficient (Wildman–Crippen LogP) is 1.16. The molecule has 0 aromatic carbocycles. The van der Waals surface area contributed by atoms with Gasteiger partial charge in [0.15, 0.2) is 0 Å². The molecule has 0 aromatic heterocycles. The molecular formula is C14H31N3O. The van der Waals surface area contributed by atoms with Crippen LogP contribution in [0.15, 0.2) is 0 Å². The molecule has 0 aliphatic carbocycles. The van der Waals surface area contributed by atoms with Crippen molar-refractivity contribution in [3.05, 3.63) is 0 Å². The first-order valence-corrected chi connectivity index (χ1v) is 7.24. The molecule has 1 unspecified atom stereocenters. The normalized spacial score (nSPS) is 21.2. The van der Waals surface area contributed by atoms with Gasteiger partial charge in [0.2, 0.25) is 0 Å². The van der Waals surface area contributed by atoms with E-state index in [1.807, 2.05) is 0 Å². The highest BCUT2D eigenvalue weighted by Crippen LogP contribution is 2.19. The summed E-state index contributed by atoms with van der Waals surface area (Å²) < 4.78 is 5.53. The van der Waals surface area contributed by atoms with Gasteiger partial charge in [0.1, 0.15) is 0 Å². The monoisotopic (exact) mass is 257 g/mol. The lowest BCUT2D eigenvalue weighted by atomic mass is 9.97. The van der Waals surface area contributed by atoms with Gasteiger partial charge in [-0.3, -0.25) is 4.90 Å². The van der Waals surface area contributed by atoms with Crippen molar-refractivity contribution in [1.82, 2.24) is 9.80 Å². The minimum atomic E-state index is -0.0788. The summed E-state index contributed by atoms with van der Waals surface area (Å²) in [6.07, 6.45) is 2.25. The molecule has 1 fully saturated rings. The summed E-state index contributed by atoms with van der Waals surface area (Å²) in [6, 6.07) is 0.448. The lowest BCUT2D eigenvalue weighted by molar-refractivity contribution is -0.0146. The molecule has 0 saturated carbocycles. The molecular weight excluding hydrogens is 226 g/mol. The van der Waals surface area contributed by atoms with Gasteiger partial charge in [-0.05, 0) is 33.2 Å². The van der Waals surface area contributed by atoms with Crippen molar-refractivity contribution in [1.29, 1.82) is 0 Å². The Kier molecular flexibility index (Phi) is 6.57. The molecule has 1 saturated heterocycles. The van der Waals surface area contributed by atoms with Crippen LogP contribution < -0.4 is 5.73 Å². The summed E-state index contributed by atoms with van der Waals surface area (Å²) in [6.45, 7) is 13.1. The fraction of sp³-hybridized carbons (Fsp3) is 1.00. The molecule has 1 aliphatic rings. The van der Waals surface area contributed by atoms with Crippen molar-refractivity contribution in [3.8, 4) is 0 Å². The lowest BCUT2D eigenvalue weighted by Crippen LogP contribution is -2.54. The second kappa shape index (κ2) is 7.43. The summed E-state index contributed by atoms with van der Waals surface area (Å²) in [5, 5.41) is 0. The van der Waals surface area contributed by atoms with Gasteiger partial charge in [-0.25, -0.2) is 0 Å². The van der Waals surface area contributed by atoms with Gasteiger partial charge in [-0.2, -0.15) is 0 Å². The van der Waals surface area contributed by atoms with Crippen LogP contribution in [0.1, 0.15) is 33.6 Å².